The zero-order valence-corrected chi connectivity index (χ0v) is 29.7. The summed E-state index contributed by atoms with van der Waals surface area (Å²) < 4.78 is 75.6. The summed E-state index contributed by atoms with van der Waals surface area (Å²) in [4.78, 5) is 0. The second kappa shape index (κ2) is 23.6. The van der Waals surface area contributed by atoms with Crippen LogP contribution in [0.15, 0.2) is 36.4 Å². The van der Waals surface area contributed by atoms with Crippen LogP contribution in [0, 0.1) is 100 Å². The van der Waals surface area contributed by atoms with Gasteiger partial charge in [-0.25, -0.2) is 26.3 Å². The highest BCUT2D eigenvalue weighted by molar-refractivity contribution is 5.25. The van der Waals surface area contributed by atoms with Crippen LogP contribution in [0.5, 0.6) is 0 Å². The Morgan fingerprint density at radius 2 is 0.583 bits per heavy atom. The number of hydrogen-bond donors (Lipinski definition) is 0. The zero-order valence-electron chi connectivity index (χ0n) is 29.7. The Balaban J connectivity index is 0. The highest BCUT2D eigenvalue weighted by atomic mass is 19.2. The molecule has 0 atom stereocenters. The van der Waals surface area contributed by atoms with E-state index in [0.29, 0.717) is 22.3 Å². The van der Waals surface area contributed by atoms with Crippen molar-refractivity contribution in [1.29, 1.82) is 0 Å². The van der Waals surface area contributed by atoms with E-state index in [4.69, 9.17) is 0 Å². The quantitative estimate of drug-likeness (QED) is 0.207. The maximum atomic E-state index is 12.6. The molecule has 0 saturated heterocycles. The minimum atomic E-state index is -0.736. The molecule has 0 spiro atoms. The lowest BCUT2D eigenvalue weighted by atomic mass is 9.84. The fraction of sp³-hybridized carbons (Fsp3) is 0.571. The lowest BCUT2D eigenvalue weighted by molar-refractivity contribution is 0.308. The van der Waals surface area contributed by atoms with Gasteiger partial charge >= 0.3 is 0 Å². The highest BCUT2D eigenvalue weighted by Gasteiger charge is 2.14. The zero-order chi connectivity index (χ0) is 35.1. The monoisotopic (exact) mass is 682 g/mol. The van der Waals surface area contributed by atoms with E-state index in [1.807, 2.05) is 0 Å². The molecule has 274 valence electrons. The molecule has 0 unspecified atom stereocenters. The highest BCUT2D eigenvalue weighted by Crippen LogP contribution is 2.28. The van der Waals surface area contributed by atoms with Crippen molar-refractivity contribution in [3.63, 3.8) is 0 Å². The van der Waals surface area contributed by atoms with Crippen LogP contribution >= 0.6 is 0 Å². The molecule has 2 saturated carbocycles. The van der Waals surface area contributed by atoms with Gasteiger partial charge in [-0.05, 0) is 112 Å². The lowest BCUT2D eigenvalue weighted by Gasteiger charge is -2.22. The third kappa shape index (κ3) is 17.6. The second-order valence-corrected chi connectivity index (χ2v) is 13.8. The molecule has 0 amide bonds. The van der Waals surface area contributed by atoms with Crippen LogP contribution in [0.1, 0.15) is 127 Å². The molecule has 3 aromatic carbocycles. The number of halogens is 6. The summed E-state index contributed by atoms with van der Waals surface area (Å²) in [6.07, 6.45) is 11.8. The molecule has 0 nitrogen and oxygen atoms in total. The fourth-order valence-electron chi connectivity index (χ4n) is 5.14. The molecule has 48 heavy (non-hydrogen) atoms. The van der Waals surface area contributed by atoms with E-state index in [9.17, 15) is 26.3 Å². The van der Waals surface area contributed by atoms with Gasteiger partial charge in [0.05, 0.1) is 0 Å². The van der Waals surface area contributed by atoms with Gasteiger partial charge < -0.3 is 0 Å². The van der Waals surface area contributed by atoms with Gasteiger partial charge in [0.2, 0.25) is 0 Å². The van der Waals surface area contributed by atoms with Crippen LogP contribution in [0.3, 0.4) is 0 Å². The van der Waals surface area contributed by atoms with Crippen molar-refractivity contribution in [2.45, 2.75) is 135 Å². The molecule has 0 N–H and O–H groups in total. The topological polar surface area (TPSA) is 0 Å². The normalized spacial score (nSPS) is 19.5. The van der Waals surface area contributed by atoms with Gasteiger partial charge in [0.1, 0.15) is 23.3 Å². The Morgan fingerprint density at radius 3 is 0.771 bits per heavy atom. The molecule has 0 aliphatic heterocycles. The van der Waals surface area contributed by atoms with Crippen molar-refractivity contribution in [1.82, 2.24) is 0 Å². The molecule has 2 fully saturated rings. The molecule has 2 aliphatic carbocycles. The fourth-order valence-corrected chi connectivity index (χ4v) is 5.14. The maximum Gasteiger partial charge on any atom is 0.161 e. The van der Waals surface area contributed by atoms with Gasteiger partial charge in [-0.15, -0.1) is 0 Å². The Hall–Kier alpha value is -2.76. The first-order chi connectivity index (χ1) is 21.4. The lowest BCUT2D eigenvalue weighted by Crippen LogP contribution is -2.08. The first kappa shape index (κ1) is 47.4. The van der Waals surface area contributed by atoms with Gasteiger partial charge in [0.25, 0.3) is 0 Å². The van der Waals surface area contributed by atoms with E-state index in [1.165, 1.54) is 103 Å². The van der Waals surface area contributed by atoms with Crippen LogP contribution < -0.4 is 0 Å². The summed E-state index contributed by atoms with van der Waals surface area (Å²) >= 11 is 0. The van der Waals surface area contributed by atoms with E-state index in [0.717, 1.165) is 23.7 Å². The molecule has 0 radical (unpaired) electrons. The number of benzene rings is 3. The SMILES string of the molecule is C.C.CC1CCC(C)CC1.CC1CCC(C)CC1.Cc1cc(F)c(C)c(F)c1.Cc1cc(F)c(C)c(F)c1.Cc1ccc(C)c(F)c1F. The van der Waals surface area contributed by atoms with Crippen molar-refractivity contribution < 1.29 is 26.3 Å². The van der Waals surface area contributed by atoms with Crippen LogP contribution in [0.2, 0.25) is 0 Å². The summed E-state index contributed by atoms with van der Waals surface area (Å²) in [5.74, 6) is 0.708. The average molecular weight is 683 g/mol. The molecule has 5 rings (SSSR count). The third-order valence-corrected chi connectivity index (χ3v) is 8.93. The third-order valence-electron chi connectivity index (χ3n) is 8.93. The van der Waals surface area contributed by atoms with Crippen LogP contribution in [0.4, 0.5) is 26.3 Å². The summed E-state index contributed by atoms with van der Waals surface area (Å²) in [6.45, 7) is 18.7. The van der Waals surface area contributed by atoms with E-state index in [1.54, 1.807) is 26.0 Å². The number of aryl methyl sites for hydroxylation is 4. The first-order valence-electron chi connectivity index (χ1n) is 16.7. The van der Waals surface area contributed by atoms with Crippen molar-refractivity contribution in [2.24, 2.45) is 23.7 Å². The first-order valence-corrected chi connectivity index (χ1v) is 16.7. The van der Waals surface area contributed by atoms with E-state index in [2.05, 4.69) is 27.7 Å². The molecular weight excluding hydrogens is 618 g/mol. The molecule has 0 bridgehead atoms. The van der Waals surface area contributed by atoms with Gasteiger partial charge in [-0.2, -0.15) is 0 Å². The molecule has 0 heterocycles. The van der Waals surface area contributed by atoms with Gasteiger partial charge in [-0.3, -0.25) is 0 Å². The summed E-state index contributed by atoms with van der Waals surface area (Å²) in [5, 5.41) is 0. The van der Waals surface area contributed by atoms with E-state index < -0.39 is 34.9 Å². The summed E-state index contributed by atoms with van der Waals surface area (Å²) in [7, 11) is 0. The van der Waals surface area contributed by atoms with Crippen molar-refractivity contribution in [2.75, 3.05) is 0 Å². The molecule has 6 heteroatoms. The predicted octanol–water partition coefficient (Wildman–Crippen LogP) is 14.7. The van der Waals surface area contributed by atoms with Crippen LogP contribution in [-0.2, 0) is 0 Å². The molecule has 2 aliphatic rings. The maximum absolute atomic E-state index is 12.6. The predicted molar refractivity (Wildman–Crippen MR) is 195 cm³/mol. The second-order valence-electron chi connectivity index (χ2n) is 13.8. The molecule has 3 aromatic rings. The Labute approximate surface area is 289 Å². The summed E-state index contributed by atoms with van der Waals surface area (Å²) in [5.41, 5.74) is 2.10. The average Bonchev–Trinajstić information content (AvgIpc) is 3.00. The smallest absolute Gasteiger partial charge is 0.161 e. The van der Waals surface area contributed by atoms with Crippen LogP contribution in [0.25, 0.3) is 0 Å². The largest absolute Gasteiger partial charge is 0.207 e. The minimum absolute atomic E-state index is 0. The number of hydrogen-bond acceptors (Lipinski definition) is 0. The van der Waals surface area contributed by atoms with Crippen LogP contribution in [-0.4, -0.2) is 0 Å². The van der Waals surface area contributed by atoms with E-state index >= 15 is 0 Å². The summed E-state index contributed by atoms with van der Waals surface area (Å²) in [6, 6.07) is 8.40. The van der Waals surface area contributed by atoms with Gasteiger partial charge in [0, 0.05) is 11.1 Å². The molecular formula is C42H64F6. The van der Waals surface area contributed by atoms with Crippen molar-refractivity contribution >= 4 is 0 Å². The minimum Gasteiger partial charge on any atom is -0.207 e. The van der Waals surface area contributed by atoms with Crippen molar-refractivity contribution in [3.8, 4) is 0 Å². The number of rotatable bonds is 0. The standard InChI is InChI=1S/3C8H8F2.2C8H16.2CH4/c2*1-5-3-7(9)6(2)8(10)4-5;1-5-3-4-6(2)8(10)7(5)9;2*1-7-3-5-8(2)6-4-7;;/h3*3-4H,1-2H3;2*7-8H,3-6H2,1-2H3;2*1H4. The van der Waals surface area contributed by atoms with Crippen molar-refractivity contribution in [3.05, 3.63) is 105 Å². The Kier molecular flexibility index (Phi) is 23.3. The Morgan fingerprint density at radius 1 is 0.396 bits per heavy atom. The van der Waals surface area contributed by atoms with Gasteiger partial charge in [0.15, 0.2) is 11.6 Å². The van der Waals surface area contributed by atoms with E-state index in [-0.39, 0.29) is 26.0 Å². The van der Waals surface area contributed by atoms with Gasteiger partial charge in [-0.1, -0.05) is 106 Å². The Bertz CT molecular complexity index is 1160. The molecule has 0 aromatic heterocycles.